The molecule has 0 bridgehead atoms. The fraction of sp³-hybridized carbons (Fsp3) is 0.350. The number of amides is 1. The fourth-order valence-corrected chi connectivity index (χ4v) is 5.56. The van der Waals surface area contributed by atoms with E-state index in [1.807, 2.05) is 24.3 Å². The summed E-state index contributed by atoms with van der Waals surface area (Å²) >= 11 is 15.5. The highest BCUT2D eigenvalue weighted by Crippen LogP contribution is 2.31. The van der Waals surface area contributed by atoms with Crippen LogP contribution in [0.15, 0.2) is 30.3 Å². The molecule has 0 aliphatic carbocycles. The summed E-state index contributed by atoms with van der Waals surface area (Å²) in [6.45, 7) is 0.897. The van der Waals surface area contributed by atoms with Crippen LogP contribution in [0.2, 0.25) is 9.36 Å². The quantitative estimate of drug-likeness (QED) is 0.490. The second-order valence-corrected chi connectivity index (χ2v) is 10.0. The predicted molar refractivity (Wildman–Crippen MR) is 122 cm³/mol. The molecule has 0 unspecified atom stereocenters. The third kappa shape index (κ3) is 5.15. The lowest BCUT2D eigenvalue weighted by Crippen LogP contribution is -2.14. The van der Waals surface area contributed by atoms with Crippen molar-refractivity contribution in [2.75, 3.05) is 11.1 Å². The summed E-state index contributed by atoms with van der Waals surface area (Å²) in [5, 5.41) is 12.3. The Morgan fingerprint density at radius 1 is 1.17 bits per heavy atom. The van der Waals surface area contributed by atoms with Crippen LogP contribution in [0, 0.1) is 0 Å². The molecule has 0 spiro atoms. The minimum atomic E-state index is -0.0500. The number of carbonyl (C=O) groups excluding carboxylic acids is 1. The van der Waals surface area contributed by atoms with Gasteiger partial charge >= 0.3 is 0 Å². The Balaban J connectivity index is 1.43. The number of anilines is 1. The summed E-state index contributed by atoms with van der Waals surface area (Å²) < 4.78 is 2.92. The van der Waals surface area contributed by atoms with E-state index < -0.39 is 0 Å². The third-order valence-corrected chi connectivity index (χ3v) is 7.43. The largest absolute Gasteiger partial charge is 0.325 e. The molecule has 5 nitrogen and oxygen atoms in total. The smallest absolute Gasteiger partial charge is 0.234 e. The van der Waals surface area contributed by atoms with Gasteiger partial charge in [0.15, 0.2) is 5.82 Å². The molecule has 1 aliphatic heterocycles. The molecule has 0 fully saturated rings. The molecule has 3 aromatic rings. The third-order valence-electron chi connectivity index (χ3n) is 4.71. The molecule has 0 saturated heterocycles. The highest BCUT2D eigenvalue weighted by Gasteiger charge is 2.18. The first kappa shape index (κ1) is 20.7. The maximum atomic E-state index is 12.3. The topological polar surface area (TPSA) is 59.8 Å². The Bertz CT molecular complexity index is 1020. The summed E-state index contributed by atoms with van der Waals surface area (Å²) in [6.07, 6.45) is 4.38. The van der Waals surface area contributed by atoms with Crippen molar-refractivity contribution in [1.29, 1.82) is 0 Å². The van der Waals surface area contributed by atoms with Gasteiger partial charge in [0.1, 0.15) is 5.82 Å². The zero-order chi connectivity index (χ0) is 20.2. The lowest BCUT2D eigenvalue weighted by atomic mass is 10.1. The molecule has 1 aromatic carbocycles. The van der Waals surface area contributed by atoms with Gasteiger partial charge in [-0.2, -0.15) is 0 Å². The van der Waals surface area contributed by atoms with E-state index in [4.69, 9.17) is 23.2 Å². The maximum Gasteiger partial charge on any atom is 0.234 e. The van der Waals surface area contributed by atoms with Gasteiger partial charge in [-0.25, -0.2) is 0 Å². The number of hydrogen-bond acceptors (Lipinski definition) is 5. The van der Waals surface area contributed by atoms with E-state index in [1.165, 1.54) is 6.42 Å². The number of thioether (sulfide) groups is 1. The molecule has 4 rings (SSSR count). The number of aromatic nitrogens is 3. The van der Waals surface area contributed by atoms with Crippen LogP contribution in [-0.4, -0.2) is 26.4 Å². The van der Waals surface area contributed by atoms with Crippen molar-refractivity contribution in [1.82, 2.24) is 14.8 Å². The minimum Gasteiger partial charge on any atom is -0.325 e. The number of benzene rings is 1. The lowest BCUT2D eigenvalue weighted by molar-refractivity contribution is -0.113. The van der Waals surface area contributed by atoms with E-state index in [1.54, 1.807) is 29.2 Å². The molecule has 9 heteroatoms. The van der Waals surface area contributed by atoms with Crippen molar-refractivity contribution in [2.45, 2.75) is 38.0 Å². The second kappa shape index (κ2) is 9.51. The van der Waals surface area contributed by atoms with Crippen LogP contribution in [0.5, 0.6) is 0 Å². The van der Waals surface area contributed by atoms with E-state index in [2.05, 4.69) is 20.1 Å². The summed E-state index contributed by atoms with van der Waals surface area (Å²) in [5.74, 6) is 2.86. The van der Waals surface area contributed by atoms with Gasteiger partial charge in [0.05, 0.1) is 15.1 Å². The molecule has 1 N–H and O–H groups in total. The number of nitrogens with zero attached hydrogens (tertiary/aromatic N) is 3. The molecule has 152 valence electrons. The highest BCUT2D eigenvalue weighted by molar-refractivity contribution is 7.99. The summed E-state index contributed by atoms with van der Waals surface area (Å²) in [4.78, 5) is 13.5. The standard InChI is InChI=1S/C20H20Cl2N4OS2/c21-16-7-5-13(23-19(27)12-28-11-14-6-8-17(22)29-14)10-15(16)20-25-24-18-4-2-1-3-9-26(18)20/h5-8,10H,1-4,9,11-12H2,(H,23,27). The van der Waals surface area contributed by atoms with Gasteiger partial charge in [-0.1, -0.05) is 29.6 Å². The van der Waals surface area contributed by atoms with E-state index in [-0.39, 0.29) is 5.91 Å². The number of hydrogen-bond donors (Lipinski definition) is 1. The average molecular weight is 467 g/mol. The van der Waals surface area contributed by atoms with Crippen LogP contribution in [0.25, 0.3) is 11.4 Å². The molecule has 1 aliphatic rings. The number of aryl methyl sites for hydroxylation is 1. The predicted octanol–water partition coefficient (Wildman–Crippen LogP) is 5.91. The molecule has 29 heavy (non-hydrogen) atoms. The highest BCUT2D eigenvalue weighted by atomic mass is 35.5. The van der Waals surface area contributed by atoms with Gasteiger partial charge in [-0.05, 0) is 43.2 Å². The van der Waals surface area contributed by atoms with Gasteiger partial charge < -0.3 is 9.88 Å². The molecule has 0 radical (unpaired) electrons. The first-order valence-electron chi connectivity index (χ1n) is 9.44. The Morgan fingerprint density at radius 2 is 2.07 bits per heavy atom. The van der Waals surface area contributed by atoms with Crippen molar-refractivity contribution in [3.63, 3.8) is 0 Å². The lowest BCUT2D eigenvalue weighted by Gasteiger charge is -2.11. The zero-order valence-corrected chi connectivity index (χ0v) is 18.8. The van der Waals surface area contributed by atoms with Gasteiger partial charge in [0.25, 0.3) is 0 Å². The minimum absolute atomic E-state index is 0.0500. The molecule has 0 saturated carbocycles. The van der Waals surface area contributed by atoms with Crippen LogP contribution < -0.4 is 5.32 Å². The van der Waals surface area contributed by atoms with Crippen LogP contribution >= 0.6 is 46.3 Å². The van der Waals surface area contributed by atoms with Crippen LogP contribution in [0.1, 0.15) is 30.0 Å². The second-order valence-electron chi connectivity index (χ2n) is 6.84. The van der Waals surface area contributed by atoms with E-state index >= 15 is 0 Å². The molecule has 1 amide bonds. The van der Waals surface area contributed by atoms with Gasteiger partial charge in [0, 0.05) is 34.8 Å². The zero-order valence-electron chi connectivity index (χ0n) is 15.7. The van der Waals surface area contributed by atoms with Crippen LogP contribution in [-0.2, 0) is 23.5 Å². The Kier molecular flexibility index (Phi) is 6.80. The van der Waals surface area contributed by atoms with Crippen LogP contribution in [0.3, 0.4) is 0 Å². The molecular formula is C20H20Cl2N4OS2. The van der Waals surface area contributed by atoms with E-state index in [0.717, 1.165) is 58.0 Å². The van der Waals surface area contributed by atoms with Gasteiger partial charge in [0.2, 0.25) is 5.91 Å². The van der Waals surface area contributed by atoms with Gasteiger partial charge in [-0.15, -0.1) is 33.3 Å². The van der Waals surface area contributed by atoms with Gasteiger partial charge in [-0.3, -0.25) is 4.79 Å². The molecule has 3 heterocycles. The summed E-state index contributed by atoms with van der Waals surface area (Å²) in [5.41, 5.74) is 1.51. The molecule has 0 atom stereocenters. The first-order chi connectivity index (χ1) is 14.1. The Hall–Kier alpha value is -1.54. The first-order valence-corrected chi connectivity index (χ1v) is 12.2. The normalized spacial score (nSPS) is 13.7. The number of halogens is 2. The maximum absolute atomic E-state index is 12.3. The monoisotopic (exact) mass is 466 g/mol. The van der Waals surface area contributed by atoms with Crippen molar-refractivity contribution >= 4 is 57.9 Å². The number of carbonyl (C=O) groups is 1. The SMILES string of the molecule is O=C(CSCc1ccc(Cl)s1)Nc1ccc(Cl)c(-c2nnc3n2CCCCC3)c1. The van der Waals surface area contributed by atoms with Crippen LogP contribution in [0.4, 0.5) is 5.69 Å². The molecule has 2 aromatic heterocycles. The van der Waals surface area contributed by atoms with Crippen molar-refractivity contribution in [3.8, 4) is 11.4 Å². The number of rotatable bonds is 6. The number of thiophene rings is 1. The Morgan fingerprint density at radius 3 is 2.90 bits per heavy atom. The number of fused-ring (bicyclic) bond motifs is 1. The Labute approximate surface area is 187 Å². The van der Waals surface area contributed by atoms with Crippen molar-refractivity contribution in [3.05, 3.63) is 50.4 Å². The van der Waals surface area contributed by atoms with Crippen molar-refractivity contribution < 1.29 is 4.79 Å². The molecular weight excluding hydrogens is 447 g/mol. The average Bonchev–Trinajstić information content (AvgIpc) is 3.22. The fourth-order valence-electron chi connectivity index (χ4n) is 3.33. The summed E-state index contributed by atoms with van der Waals surface area (Å²) in [6, 6.07) is 9.36. The van der Waals surface area contributed by atoms with E-state index in [9.17, 15) is 4.79 Å². The summed E-state index contributed by atoms with van der Waals surface area (Å²) in [7, 11) is 0. The van der Waals surface area contributed by atoms with Crippen molar-refractivity contribution in [2.24, 2.45) is 0 Å². The number of nitrogens with one attached hydrogen (secondary N) is 1. The van der Waals surface area contributed by atoms with E-state index in [0.29, 0.717) is 16.5 Å².